The van der Waals surface area contributed by atoms with Gasteiger partial charge in [0, 0.05) is 11.1 Å². The van der Waals surface area contributed by atoms with Gasteiger partial charge in [-0.25, -0.2) is 14.2 Å². The standard InChI is InChI=1S/C25H45O8P/c1-6-7-12-19-31-34(28,32-20-15-10-8-13-17-29-24(26)22(2)3)33-21-16-11-9-14-18-30-25(27)23(4)5/h2,4,6-21H2,1,3,5H3. The Bertz CT molecular complexity index is 601. The summed E-state index contributed by atoms with van der Waals surface area (Å²) in [5.41, 5.74) is 0.791. The zero-order chi connectivity index (χ0) is 25.7. The van der Waals surface area contributed by atoms with Gasteiger partial charge < -0.3 is 9.47 Å². The largest absolute Gasteiger partial charge is 0.474 e. The topological polar surface area (TPSA) is 97.4 Å². The minimum atomic E-state index is -3.59. The Morgan fingerprint density at radius 2 is 0.912 bits per heavy atom. The van der Waals surface area contributed by atoms with E-state index in [9.17, 15) is 14.2 Å². The van der Waals surface area contributed by atoms with E-state index in [1.165, 1.54) is 0 Å². The van der Waals surface area contributed by atoms with E-state index in [0.717, 1.165) is 57.8 Å². The molecule has 0 saturated heterocycles. The van der Waals surface area contributed by atoms with Crippen LogP contribution >= 0.6 is 7.82 Å². The molecule has 0 rings (SSSR count). The second kappa shape index (κ2) is 20.9. The van der Waals surface area contributed by atoms with Gasteiger partial charge in [-0.05, 0) is 58.8 Å². The van der Waals surface area contributed by atoms with Gasteiger partial charge in [0.15, 0.2) is 0 Å². The number of unbranched alkanes of at least 4 members (excludes halogenated alkanes) is 8. The van der Waals surface area contributed by atoms with Gasteiger partial charge in [-0.3, -0.25) is 13.6 Å². The van der Waals surface area contributed by atoms with Crippen molar-refractivity contribution >= 4 is 19.8 Å². The maximum atomic E-state index is 12.9. The average molecular weight is 505 g/mol. The van der Waals surface area contributed by atoms with Crippen molar-refractivity contribution in [3.05, 3.63) is 24.3 Å². The molecule has 0 aromatic rings. The molecule has 0 amide bonds. The van der Waals surface area contributed by atoms with Gasteiger partial charge in [-0.2, -0.15) is 0 Å². The van der Waals surface area contributed by atoms with Crippen molar-refractivity contribution in [2.45, 2.75) is 91.4 Å². The third kappa shape index (κ3) is 18.9. The van der Waals surface area contributed by atoms with Gasteiger partial charge in [0.2, 0.25) is 0 Å². The fourth-order valence-electron chi connectivity index (χ4n) is 2.68. The predicted molar refractivity (Wildman–Crippen MR) is 133 cm³/mol. The first kappa shape index (κ1) is 32.5. The third-order valence-electron chi connectivity index (χ3n) is 4.74. The van der Waals surface area contributed by atoms with E-state index in [1.807, 2.05) is 0 Å². The van der Waals surface area contributed by atoms with Crippen LogP contribution in [0.5, 0.6) is 0 Å². The zero-order valence-electron chi connectivity index (χ0n) is 21.4. The van der Waals surface area contributed by atoms with Gasteiger partial charge in [-0.1, -0.05) is 45.8 Å². The molecule has 9 heteroatoms. The minimum Gasteiger partial charge on any atom is -0.462 e. The summed E-state index contributed by atoms with van der Waals surface area (Å²) in [6.45, 7) is 14.1. The van der Waals surface area contributed by atoms with E-state index in [-0.39, 0.29) is 25.2 Å². The quantitative estimate of drug-likeness (QED) is 0.0657. The molecule has 198 valence electrons. The lowest BCUT2D eigenvalue weighted by Crippen LogP contribution is -2.06. The fourth-order valence-corrected chi connectivity index (χ4v) is 3.97. The molecule has 0 saturated carbocycles. The average Bonchev–Trinajstić information content (AvgIpc) is 2.79. The van der Waals surface area contributed by atoms with Crippen molar-refractivity contribution < 1.29 is 37.2 Å². The van der Waals surface area contributed by atoms with Crippen LogP contribution in [0, 0.1) is 0 Å². The number of esters is 2. The molecule has 0 aromatic carbocycles. The molecule has 0 aliphatic heterocycles. The number of hydrogen-bond acceptors (Lipinski definition) is 8. The molecule has 0 aliphatic carbocycles. The van der Waals surface area contributed by atoms with E-state index in [1.54, 1.807) is 13.8 Å². The van der Waals surface area contributed by atoms with Crippen molar-refractivity contribution in [3.8, 4) is 0 Å². The van der Waals surface area contributed by atoms with E-state index in [4.69, 9.17) is 23.0 Å². The molecule has 0 aromatic heterocycles. The molecule has 0 heterocycles. The van der Waals surface area contributed by atoms with Gasteiger partial charge in [0.05, 0.1) is 33.0 Å². The Morgan fingerprint density at radius 3 is 1.24 bits per heavy atom. The van der Waals surface area contributed by atoms with E-state index >= 15 is 0 Å². The summed E-state index contributed by atoms with van der Waals surface area (Å²) in [6.07, 6.45) is 9.23. The first-order chi connectivity index (χ1) is 16.2. The molecule has 0 fully saturated rings. The number of rotatable bonds is 23. The number of carbonyl (C=O) groups is 2. The molecule has 0 aliphatic rings. The first-order valence-electron chi connectivity index (χ1n) is 12.4. The predicted octanol–water partition coefficient (Wildman–Crippen LogP) is 6.69. The van der Waals surface area contributed by atoms with Crippen LogP contribution in [0.2, 0.25) is 0 Å². The summed E-state index contributed by atoms with van der Waals surface area (Å²) >= 11 is 0. The Labute approximate surface area is 206 Å². The Balaban J connectivity index is 4.07. The minimum absolute atomic E-state index is 0.282. The Hall–Kier alpha value is -1.47. The second-order valence-electron chi connectivity index (χ2n) is 8.31. The number of carbonyl (C=O) groups excluding carboxylic acids is 2. The third-order valence-corrected chi connectivity index (χ3v) is 6.23. The Kier molecular flexibility index (Phi) is 20.0. The summed E-state index contributed by atoms with van der Waals surface area (Å²) in [6, 6.07) is 0. The lowest BCUT2D eigenvalue weighted by atomic mass is 10.2. The van der Waals surface area contributed by atoms with Gasteiger partial charge in [0.1, 0.15) is 0 Å². The molecule has 34 heavy (non-hydrogen) atoms. The van der Waals surface area contributed by atoms with Crippen LogP contribution < -0.4 is 0 Å². The number of ether oxygens (including phenoxy) is 2. The monoisotopic (exact) mass is 504 g/mol. The fraction of sp³-hybridized carbons (Fsp3) is 0.760. The smallest absolute Gasteiger partial charge is 0.462 e. The van der Waals surface area contributed by atoms with E-state index < -0.39 is 7.82 Å². The van der Waals surface area contributed by atoms with Crippen molar-refractivity contribution in [1.29, 1.82) is 0 Å². The molecule has 0 bridgehead atoms. The highest BCUT2D eigenvalue weighted by molar-refractivity contribution is 7.48. The second-order valence-corrected chi connectivity index (χ2v) is 9.98. The lowest BCUT2D eigenvalue weighted by molar-refractivity contribution is -0.139. The summed E-state index contributed by atoms with van der Waals surface area (Å²) in [5.74, 6) is -0.735. The van der Waals surface area contributed by atoms with Crippen LogP contribution in [0.25, 0.3) is 0 Å². The molecule has 0 N–H and O–H groups in total. The normalized spacial score (nSPS) is 11.3. The highest BCUT2D eigenvalue weighted by Crippen LogP contribution is 2.50. The number of phosphoric ester groups is 1. The Morgan fingerprint density at radius 1 is 0.588 bits per heavy atom. The maximum absolute atomic E-state index is 12.9. The summed E-state index contributed by atoms with van der Waals surface area (Å²) in [5, 5.41) is 0. The SMILES string of the molecule is C=C(C)C(=O)OCCCCCCOP(=O)(OCCCCC)OCCCCCCOC(=O)C(=C)C. The first-order valence-corrected chi connectivity index (χ1v) is 13.9. The van der Waals surface area contributed by atoms with Crippen LogP contribution in [-0.4, -0.2) is 45.0 Å². The van der Waals surface area contributed by atoms with Gasteiger partial charge >= 0.3 is 19.8 Å². The highest BCUT2D eigenvalue weighted by Gasteiger charge is 2.26. The molecular weight excluding hydrogens is 459 g/mol. The summed E-state index contributed by atoms with van der Waals surface area (Å²) < 4.78 is 39.6. The van der Waals surface area contributed by atoms with Gasteiger partial charge in [0.25, 0.3) is 0 Å². The highest BCUT2D eigenvalue weighted by atomic mass is 31.2. The maximum Gasteiger partial charge on any atom is 0.474 e. The molecule has 0 radical (unpaired) electrons. The number of hydrogen-bond donors (Lipinski definition) is 0. The molecule has 0 atom stereocenters. The van der Waals surface area contributed by atoms with Crippen LogP contribution in [0.15, 0.2) is 24.3 Å². The molecule has 0 unspecified atom stereocenters. The zero-order valence-corrected chi connectivity index (χ0v) is 22.3. The van der Waals surface area contributed by atoms with Crippen LogP contribution in [0.1, 0.15) is 91.4 Å². The summed E-state index contributed by atoms with van der Waals surface area (Å²) in [7, 11) is -3.59. The van der Waals surface area contributed by atoms with Crippen molar-refractivity contribution in [1.82, 2.24) is 0 Å². The van der Waals surface area contributed by atoms with Crippen LogP contribution in [-0.2, 0) is 37.2 Å². The van der Waals surface area contributed by atoms with E-state index in [0.29, 0.717) is 43.8 Å². The molecular formula is C25H45O8P. The number of phosphoric acid groups is 1. The van der Waals surface area contributed by atoms with Gasteiger partial charge in [-0.15, -0.1) is 0 Å². The van der Waals surface area contributed by atoms with Crippen molar-refractivity contribution in [2.75, 3.05) is 33.0 Å². The molecule has 8 nitrogen and oxygen atoms in total. The lowest BCUT2D eigenvalue weighted by Gasteiger charge is -2.18. The van der Waals surface area contributed by atoms with Crippen LogP contribution in [0.4, 0.5) is 0 Å². The van der Waals surface area contributed by atoms with E-state index in [2.05, 4.69) is 20.1 Å². The molecule has 0 spiro atoms. The van der Waals surface area contributed by atoms with Crippen molar-refractivity contribution in [2.24, 2.45) is 0 Å². The van der Waals surface area contributed by atoms with Crippen molar-refractivity contribution in [3.63, 3.8) is 0 Å². The summed E-state index contributed by atoms with van der Waals surface area (Å²) in [4.78, 5) is 22.6. The van der Waals surface area contributed by atoms with Crippen LogP contribution in [0.3, 0.4) is 0 Å².